The molecule has 10 heavy (non-hydrogen) atoms. The molecular formula is C6H3N2OS. The van der Waals surface area contributed by atoms with Gasteiger partial charge in [-0.1, -0.05) is 11.2 Å². The summed E-state index contributed by atoms with van der Waals surface area (Å²) in [4.78, 5) is 4.75. The third kappa shape index (κ3) is 0.823. The van der Waals surface area contributed by atoms with Gasteiger partial charge in [-0.15, -0.1) is 11.3 Å². The van der Waals surface area contributed by atoms with Crippen LogP contribution in [0, 0.1) is 6.33 Å². The summed E-state index contributed by atoms with van der Waals surface area (Å²) in [6.45, 7) is 0. The van der Waals surface area contributed by atoms with E-state index in [0.29, 0.717) is 5.89 Å². The predicted molar refractivity (Wildman–Crippen MR) is 36.4 cm³/mol. The second-order valence-corrected chi connectivity index (χ2v) is 2.62. The maximum atomic E-state index is 4.77. The van der Waals surface area contributed by atoms with E-state index in [4.69, 9.17) is 4.52 Å². The fourth-order valence-corrected chi connectivity index (χ4v) is 1.29. The molecule has 0 fully saturated rings. The van der Waals surface area contributed by atoms with Crippen LogP contribution in [-0.4, -0.2) is 10.1 Å². The van der Waals surface area contributed by atoms with Crippen LogP contribution in [-0.2, 0) is 0 Å². The molecule has 0 aliphatic heterocycles. The van der Waals surface area contributed by atoms with Crippen LogP contribution in [0.5, 0.6) is 0 Å². The van der Waals surface area contributed by atoms with E-state index in [1.54, 1.807) is 11.3 Å². The highest BCUT2D eigenvalue weighted by atomic mass is 32.1. The lowest BCUT2D eigenvalue weighted by molar-refractivity contribution is 0.429. The van der Waals surface area contributed by atoms with Gasteiger partial charge in [0.15, 0.2) is 0 Å². The first kappa shape index (κ1) is 5.61. The van der Waals surface area contributed by atoms with Crippen molar-refractivity contribution in [1.82, 2.24) is 10.1 Å². The summed E-state index contributed by atoms with van der Waals surface area (Å²) in [6, 6.07) is 3.86. The molecule has 2 aromatic rings. The molecule has 49 valence electrons. The van der Waals surface area contributed by atoms with E-state index in [-0.39, 0.29) is 0 Å². The van der Waals surface area contributed by atoms with Crippen LogP contribution in [0.2, 0.25) is 0 Å². The van der Waals surface area contributed by atoms with Gasteiger partial charge in [0.1, 0.15) is 0 Å². The van der Waals surface area contributed by atoms with E-state index in [9.17, 15) is 0 Å². The van der Waals surface area contributed by atoms with Crippen molar-refractivity contribution < 1.29 is 4.52 Å². The van der Waals surface area contributed by atoms with Gasteiger partial charge >= 0.3 is 0 Å². The monoisotopic (exact) mass is 151 g/mol. The van der Waals surface area contributed by atoms with Crippen molar-refractivity contribution in [2.75, 3.05) is 0 Å². The molecule has 1 radical (unpaired) electrons. The minimum atomic E-state index is 0.537. The number of aromatic nitrogens is 2. The second-order valence-electron chi connectivity index (χ2n) is 1.68. The molecule has 0 spiro atoms. The van der Waals surface area contributed by atoms with E-state index < -0.39 is 0 Å². The van der Waals surface area contributed by atoms with Gasteiger partial charge in [0.25, 0.3) is 5.89 Å². The van der Waals surface area contributed by atoms with Crippen LogP contribution in [0.1, 0.15) is 0 Å². The lowest BCUT2D eigenvalue weighted by Gasteiger charge is -1.80. The van der Waals surface area contributed by atoms with Gasteiger partial charge in [0, 0.05) is 0 Å². The number of rotatable bonds is 1. The maximum Gasteiger partial charge on any atom is 0.268 e. The van der Waals surface area contributed by atoms with Crippen LogP contribution in [0.4, 0.5) is 0 Å². The zero-order valence-corrected chi connectivity index (χ0v) is 5.76. The Bertz CT molecular complexity index is 255. The summed E-state index contributed by atoms with van der Waals surface area (Å²) in [5.74, 6) is 0.537. The summed E-state index contributed by atoms with van der Waals surface area (Å²) in [5.41, 5.74) is 0. The Morgan fingerprint density at radius 3 is 3.20 bits per heavy atom. The summed E-state index contributed by atoms with van der Waals surface area (Å²) >= 11 is 1.56. The standard InChI is InChI=1S/C6H3N2OS/c1-2-5(10-3-1)6-7-4-8-9-6/h1-3H. The molecule has 0 atom stereocenters. The number of hydrogen-bond acceptors (Lipinski definition) is 4. The quantitative estimate of drug-likeness (QED) is 0.621. The fraction of sp³-hybridized carbons (Fsp3) is 0. The molecular weight excluding hydrogens is 148 g/mol. The summed E-state index contributed by atoms with van der Waals surface area (Å²) in [5, 5.41) is 5.33. The molecule has 0 saturated heterocycles. The lowest BCUT2D eigenvalue weighted by atomic mass is 10.5. The largest absolute Gasteiger partial charge is 0.333 e. The summed E-state index contributed by atoms with van der Waals surface area (Å²) in [6.07, 6.45) is 2.36. The molecule has 0 aliphatic rings. The van der Waals surface area contributed by atoms with E-state index in [1.165, 1.54) is 0 Å². The summed E-state index contributed by atoms with van der Waals surface area (Å²) in [7, 11) is 0. The molecule has 0 amide bonds. The van der Waals surface area contributed by atoms with Crippen molar-refractivity contribution in [1.29, 1.82) is 0 Å². The van der Waals surface area contributed by atoms with Crippen LogP contribution in [0.3, 0.4) is 0 Å². The molecule has 2 heterocycles. The van der Waals surface area contributed by atoms with E-state index in [1.807, 2.05) is 17.5 Å². The number of thiophene rings is 1. The van der Waals surface area contributed by atoms with Crippen LogP contribution in [0.25, 0.3) is 10.8 Å². The average molecular weight is 151 g/mol. The van der Waals surface area contributed by atoms with Gasteiger partial charge < -0.3 is 4.52 Å². The molecule has 0 bridgehead atoms. The zero-order valence-electron chi connectivity index (χ0n) is 4.94. The van der Waals surface area contributed by atoms with Crippen molar-refractivity contribution >= 4 is 11.3 Å². The Labute approximate surface area is 61.3 Å². The van der Waals surface area contributed by atoms with Gasteiger partial charge in [-0.2, -0.15) is 4.98 Å². The molecule has 3 nitrogen and oxygen atoms in total. The van der Waals surface area contributed by atoms with Gasteiger partial charge in [0.2, 0.25) is 6.33 Å². The minimum absolute atomic E-state index is 0.537. The van der Waals surface area contributed by atoms with Crippen molar-refractivity contribution in [3.63, 3.8) is 0 Å². The first-order chi connectivity index (χ1) is 4.97. The normalized spacial score (nSPS) is 10.0. The van der Waals surface area contributed by atoms with Crippen molar-refractivity contribution in [2.45, 2.75) is 0 Å². The topological polar surface area (TPSA) is 38.9 Å². The number of nitrogens with zero attached hydrogens (tertiary/aromatic N) is 2. The highest BCUT2D eigenvalue weighted by molar-refractivity contribution is 7.13. The van der Waals surface area contributed by atoms with Crippen LogP contribution < -0.4 is 0 Å². The maximum absolute atomic E-state index is 4.77. The molecule has 0 saturated carbocycles. The second kappa shape index (κ2) is 2.22. The Morgan fingerprint density at radius 2 is 2.60 bits per heavy atom. The first-order valence-electron chi connectivity index (χ1n) is 2.70. The Hall–Kier alpha value is -1.16. The third-order valence-corrected chi connectivity index (χ3v) is 1.91. The Balaban J connectivity index is 2.48. The van der Waals surface area contributed by atoms with Crippen molar-refractivity contribution in [3.8, 4) is 10.8 Å². The first-order valence-corrected chi connectivity index (χ1v) is 3.58. The third-order valence-electron chi connectivity index (χ3n) is 1.06. The zero-order chi connectivity index (χ0) is 6.81. The van der Waals surface area contributed by atoms with Gasteiger partial charge in [-0.05, 0) is 11.4 Å². The van der Waals surface area contributed by atoms with Gasteiger partial charge in [0.05, 0.1) is 4.88 Å². The van der Waals surface area contributed by atoms with Gasteiger partial charge in [-0.25, -0.2) is 0 Å². The van der Waals surface area contributed by atoms with E-state index >= 15 is 0 Å². The molecule has 0 aromatic carbocycles. The van der Waals surface area contributed by atoms with Crippen LogP contribution in [0.15, 0.2) is 22.0 Å². The highest BCUT2D eigenvalue weighted by Gasteiger charge is 2.02. The minimum Gasteiger partial charge on any atom is -0.333 e. The van der Waals surface area contributed by atoms with Crippen molar-refractivity contribution in [3.05, 3.63) is 23.8 Å². The molecule has 2 rings (SSSR count). The smallest absolute Gasteiger partial charge is 0.268 e. The molecule has 0 unspecified atom stereocenters. The lowest BCUT2D eigenvalue weighted by Crippen LogP contribution is -1.66. The Morgan fingerprint density at radius 1 is 1.60 bits per heavy atom. The molecule has 0 aliphatic carbocycles. The van der Waals surface area contributed by atoms with E-state index in [0.717, 1.165) is 4.88 Å². The predicted octanol–water partition coefficient (Wildman–Crippen LogP) is 1.60. The molecule has 2 aromatic heterocycles. The average Bonchev–Trinajstić information content (AvgIpc) is 2.59. The number of hydrogen-bond donors (Lipinski definition) is 0. The van der Waals surface area contributed by atoms with Crippen LogP contribution >= 0.6 is 11.3 Å². The van der Waals surface area contributed by atoms with Gasteiger partial charge in [-0.3, -0.25) is 0 Å². The van der Waals surface area contributed by atoms with E-state index in [2.05, 4.69) is 16.5 Å². The fourth-order valence-electron chi connectivity index (χ4n) is 0.650. The Kier molecular flexibility index (Phi) is 1.25. The SMILES string of the molecule is [c]1noc(-c2cccs2)n1. The highest BCUT2D eigenvalue weighted by Crippen LogP contribution is 2.20. The molecule has 0 N–H and O–H groups in total. The summed E-state index contributed by atoms with van der Waals surface area (Å²) < 4.78 is 4.77. The molecule has 4 heteroatoms. The van der Waals surface area contributed by atoms with Crippen molar-refractivity contribution in [2.24, 2.45) is 0 Å².